The van der Waals surface area contributed by atoms with Crippen LogP contribution in [0.2, 0.25) is 0 Å². The van der Waals surface area contributed by atoms with Crippen LogP contribution in [0.15, 0.2) is 53.2 Å². The highest BCUT2D eigenvalue weighted by Gasteiger charge is 2.11. The third-order valence-corrected chi connectivity index (χ3v) is 5.90. The molecule has 0 saturated heterocycles. The smallest absolute Gasteiger partial charge is 0.134 e. The summed E-state index contributed by atoms with van der Waals surface area (Å²) in [7, 11) is 0. The van der Waals surface area contributed by atoms with Crippen molar-refractivity contribution in [2.24, 2.45) is 0 Å². The Morgan fingerprint density at radius 3 is 2.32 bits per heavy atom. The molecule has 0 atom stereocenters. The quantitative estimate of drug-likeness (QED) is 0.459. The van der Waals surface area contributed by atoms with Crippen LogP contribution in [0.5, 0.6) is 0 Å². The van der Waals surface area contributed by atoms with E-state index in [9.17, 15) is 0 Å². The zero-order valence-electron chi connectivity index (χ0n) is 9.87. The summed E-state index contributed by atoms with van der Waals surface area (Å²) in [6.45, 7) is 0. The van der Waals surface area contributed by atoms with Gasteiger partial charge in [-0.1, -0.05) is 24.3 Å². The first-order valence-electron chi connectivity index (χ1n) is 5.89. The molecule has 92 valence electrons. The summed E-state index contributed by atoms with van der Waals surface area (Å²) >= 11 is 5.28. The molecule has 4 heteroatoms. The minimum Gasteiger partial charge on any atom is -0.234 e. The van der Waals surface area contributed by atoms with Crippen LogP contribution in [0.25, 0.3) is 30.5 Å². The Hall–Kier alpha value is -1.49. The minimum atomic E-state index is 1.12. The van der Waals surface area contributed by atoms with Gasteiger partial charge in [0, 0.05) is 10.4 Å². The monoisotopic (exact) mass is 299 g/mol. The molecule has 0 aliphatic heterocycles. The molecule has 0 unspecified atom stereocenters. The predicted molar refractivity (Wildman–Crippen MR) is 86.2 cm³/mol. The van der Waals surface area contributed by atoms with Crippen molar-refractivity contribution in [1.82, 2.24) is 4.98 Å². The van der Waals surface area contributed by atoms with Crippen LogP contribution >= 0.6 is 34.0 Å². The highest BCUT2D eigenvalue weighted by molar-refractivity contribution is 7.25. The van der Waals surface area contributed by atoms with Gasteiger partial charge in [0.05, 0.1) is 15.1 Å². The van der Waals surface area contributed by atoms with Crippen LogP contribution in [-0.4, -0.2) is 4.98 Å². The third-order valence-electron chi connectivity index (χ3n) is 2.94. The molecule has 4 aromatic rings. The van der Waals surface area contributed by atoms with Crippen molar-refractivity contribution >= 4 is 44.2 Å². The molecule has 0 aliphatic carbocycles. The molecule has 0 fully saturated rings. The van der Waals surface area contributed by atoms with Gasteiger partial charge >= 0.3 is 0 Å². The number of nitrogens with zero attached hydrogens (tertiary/aromatic N) is 1. The standard InChI is InChI=1S/C15H9NS3/c1-4-10(11-6-2-8-17-11)14-12(5-1)19-15(16-14)13-7-3-9-18-13/h1-9H. The summed E-state index contributed by atoms with van der Waals surface area (Å²) in [4.78, 5) is 7.38. The fourth-order valence-corrected chi connectivity index (χ4v) is 4.63. The number of para-hydroxylation sites is 1. The summed E-state index contributed by atoms with van der Waals surface area (Å²) in [5.41, 5.74) is 2.37. The summed E-state index contributed by atoms with van der Waals surface area (Å²) in [6, 6.07) is 14.9. The summed E-state index contributed by atoms with van der Waals surface area (Å²) < 4.78 is 1.26. The van der Waals surface area contributed by atoms with Gasteiger partial charge in [-0.3, -0.25) is 0 Å². The molecule has 0 radical (unpaired) electrons. The van der Waals surface area contributed by atoms with Crippen LogP contribution in [0.4, 0.5) is 0 Å². The van der Waals surface area contributed by atoms with Crippen LogP contribution in [-0.2, 0) is 0 Å². The minimum absolute atomic E-state index is 1.12. The molecule has 1 nitrogen and oxygen atoms in total. The van der Waals surface area contributed by atoms with Crippen molar-refractivity contribution in [3.05, 3.63) is 53.2 Å². The maximum atomic E-state index is 4.85. The molecule has 3 aromatic heterocycles. The van der Waals surface area contributed by atoms with Crippen molar-refractivity contribution in [3.63, 3.8) is 0 Å². The summed E-state index contributed by atoms with van der Waals surface area (Å²) in [5, 5.41) is 5.33. The molecule has 3 heterocycles. The number of benzene rings is 1. The fourth-order valence-electron chi connectivity index (χ4n) is 2.08. The van der Waals surface area contributed by atoms with E-state index in [0.29, 0.717) is 0 Å². The van der Waals surface area contributed by atoms with E-state index < -0.39 is 0 Å². The average Bonchev–Trinajstić information content (AvgIpc) is 3.18. The molecule has 0 spiro atoms. The molecule has 0 N–H and O–H groups in total. The van der Waals surface area contributed by atoms with E-state index in [1.54, 1.807) is 34.0 Å². The van der Waals surface area contributed by atoms with Crippen LogP contribution in [0.1, 0.15) is 0 Å². The Morgan fingerprint density at radius 2 is 1.58 bits per heavy atom. The SMILES string of the molecule is c1csc(-c2nc3c(-c4cccs4)cccc3s2)c1. The van der Waals surface area contributed by atoms with E-state index in [2.05, 4.69) is 53.2 Å². The van der Waals surface area contributed by atoms with Gasteiger partial charge in [-0.25, -0.2) is 4.98 Å². The lowest BCUT2D eigenvalue weighted by molar-refractivity contribution is 1.50. The molecule has 1 aromatic carbocycles. The van der Waals surface area contributed by atoms with Gasteiger partial charge in [0.1, 0.15) is 5.01 Å². The van der Waals surface area contributed by atoms with Gasteiger partial charge < -0.3 is 0 Å². The molecule has 0 bridgehead atoms. The predicted octanol–water partition coefficient (Wildman–Crippen LogP) is 5.75. The Labute approximate surface area is 122 Å². The van der Waals surface area contributed by atoms with Gasteiger partial charge in [-0.2, -0.15) is 0 Å². The first-order valence-corrected chi connectivity index (χ1v) is 8.47. The van der Waals surface area contributed by atoms with Crippen LogP contribution in [0, 0.1) is 0 Å². The van der Waals surface area contributed by atoms with E-state index >= 15 is 0 Å². The first kappa shape index (κ1) is 11.3. The largest absolute Gasteiger partial charge is 0.234 e. The van der Waals surface area contributed by atoms with E-state index in [4.69, 9.17) is 4.98 Å². The fraction of sp³-hybridized carbons (Fsp3) is 0. The lowest BCUT2D eigenvalue weighted by Gasteiger charge is -1.97. The maximum absolute atomic E-state index is 4.85. The zero-order valence-corrected chi connectivity index (χ0v) is 12.3. The number of thiophene rings is 2. The number of thiazole rings is 1. The number of hydrogen-bond acceptors (Lipinski definition) is 4. The van der Waals surface area contributed by atoms with E-state index in [0.717, 1.165) is 10.5 Å². The normalized spacial score (nSPS) is 11.2. The number of rotatable bonds is 2. The molecule has 0 amide bonds. The van der Waals surface area contributed by atoms with E-state index in [1.165, 1.54) is 20.0 Å². The maximum Gasteiger partial charge on any atom is 0.134 e. The van der Waals surface area contributed by atoms with Crippen LogP contribution in [0.3, 0.4) is 0 Å². The number of hydrogen-bond donors (Lipinski definition) is 0. The Morgan fingerprint density at radius 1 is 0.789 bits per heavy atom. The van der Waals surface area contributed by atoms with Gasteiger partial charge in [-0.05, 0) is 29.0 Å². The lowest BCUT2D eigenvalue weighted by atomic mass is 10.1. The Kier molecular flexibility index (Phi) is 2.72. The second-order valence-electron chi connectivity index (χ2n) is 4.13. The average molecular weight is 299 g/mol. The van der Waals surface area contributed by atoms with Gasteiger partial charge in [0.15, 0.2) is 0 Å². The second-order valence-corrected chi connectivity index (χ2v) is 7.05. The van der Waals surface area contributed by atoms with E-state index in [-0.39, 0.29) is 0 Å². The van der Waals surface area contributed by atoms with Gasteiger partial charge in [0.2, 0.25) is 0 Å². The molecular weight excluding hydrogens is 290 g/mol. The lowest BCUT2D eigenvalue weighted by Crippen LogP contribution is -1.76. The van der Waals surface area contributed by atoms with Gasteiger partial charge in [0.25, 0.3) is 0 Å². The van der Waals surface area contributed by atoms with Crippen molar-refractivity contribution in [2.45, 2.75) is 0 Å². The van der Waals surface area contributed by atoms with Crippen molar-refractivity contribution in [2.75, 3.05) is 0 Å². The Balaban J connectivity index is 1.97. The van der Waals surface area contributed by atoms with Crippen LogP contribution < -0.4 is 0 Å². The zero-order chi connectivity index (χ0) is 12.7. The van der Waals surface area contributed by atoms with Crippen molar-refractivity contribution in [1.29, 1.82) is 0 Å². The number of fused-ring (bicyclic) bond motifs is 1. The number of aromatic nitrogens is 1. The molecule has 0 saturated carbocycles. The third kappa shape index (κ3) is 1.92. The topological polar surface area (TPSA) is 12.9 Å². The van der Waals surface area contributed by atoms with Gasteiger partial charge in [-0.15, -0.1) is 34.0 Å². The van der Waals surface area contributed by atoms with E-state index in [1.807, 2.05) is 0 Å². The highest BCUT2D eigenvalue weighted by atomic mass is 32.1. The summed E-state index contributed by atoms with van der Waals surface area (Å²) in [5.74, 6) is 0. The summed E-state index contributed by atoms with van der Waals surface area (Å²) in [6.07, 6.45) is 0. The molecule has 4 rings (SSSR count). The molecule has 19 heavy (non-hydrogen) atoms. The molecular formula is C15H9NS3. The van der Waals surface area contributed by atoms with Crippen molar-refractivity contribution in [3.8, 4) is 20.3 Å². The highest BCUT2D eigenvalue weighted by Crippen LogP contribution is 2.38. The Bertz CT molecular complexity index is 810. The first-order chi connectivity index (χ1) is 9.42. The second kappa shape index (κ2) is 4.56. The molecule has 0 aliphatic rings. The van der Waals surface area contributed by atoms with Crippen molar-refractivity contribution < 1.29 is 0 Å².